The van der Waals surface area contributed by atoms with Gasteiger partial charge in [0, 0.05) is 18.0 Å². The molecule has 1 amide bonds. The van der Waals surface area contributed by atoms with Crippen molar-refractivity contribution in [3.63, 3.8) is 0 Å². The highest BCUT2D eigenvalue weighted by Gasteiger charge is 2.51. The van der Waals surface area contributed by atoms with Crippen LogP contribution in [0.5, 0.6) is 11.5 Å². The molecule has 164 valence electrons. The number of pyridine rings is 1. The summed E-state index contributed by atoms with van der Waals surface area (Å²) in [6, 6.07) is 14.3. The van der Waals surface area contributed by atoms with Crippen molar-refractivity contribution in [2.45, 2.75) is 30.1 Å². The summed E-state index contributed by atoms with van der Waals surface area (Å²) >= 11 is 0. The minimum Gasteiger partial charge on any atom is -0.454 e. The molecule has 32 heavy (non-hydrogen) atoms. The van der Waals surface area contributed by atoms with E-state index >= 15 is 0 Å². The first kappa shape index (κ1) is 20.5. The summed E-state index contributed by atoms with van der Waals surface area (Å²) in [7, 11) is -3.30. The van der Waals surface area contributed by atoms with Gasteiger partial charge in [0.15, 0.2) is 21.3 Å². The van der Waals surface area contributed by atoms with Crippen LogP contribution in [0.15, 0.2) is 59.6 Å². The molecule has 0 atom stereocenters. The molecule has 1 aliphatic carbocycles. The maximum Gasteiger partial charge on any atom is 0.236 e. The van der Waals surface area contributed by atoms with Crippen LogP contribution in [-0.4, -0.2) is 32.4 Å². The van der Waals surface area contributed by atoms with Crippen molar-refractivity contribution in [2.24, 2.45) is 0 Å². The number of nitrogens with zero attached hydrogens (tertiary/aromatic N) is 1. The van der Waals surface area contributed by atoms with Gasteiger partial charge in [0.2, 0.25) is 12.7 Å². The Morgan fingerprint density at radius 3 is 2.53 bits per heavy atom. The Morgan fingerprint density at radius 1 is 1.03 bits per heavy atom. The molecule has 2 aromatic carbocycles. The Bertz CT molecular complexity index is 1350. The van der Waals surface area contributed by atoms with Crippen LogP contribution >= 0.6 is 0 Å². The van der Waals surface area contributed by atoms with Crippen LogP contribution < -0.4 is 14.8 Å². The van der Waals surface area contributed by atoms with Crippen LogP contribution in [0, 0.1) is 6.92 Å². The average molecular weight is 451 g/mol. The van der Waals surface area contributed by atoms with E-state index in [-0.39, 0.29) is 17.6 Å². The number of aryl methyl sites for hydroxylation is 1. The normalized spacial score (nSPS) is 15.9. The fourth-order valence-corrected chi connectivity index (χ4v) is 4.63. The number of nitrogens with one attached hydrogen (secondary N) is 1. The van der Waals surface area contributed by atoms with E-state index in [4.69, 9.17) is 9.47 Å². The van der Waals surface area contributed by atoms with Crippen LogP contribution in [0.3, 0.4) is 0 Å². The molecule has 1 fully saturated rings. The lowest BCUT2D eigenvalue weighted by atomic mass is 9.94. The first-order chi connectivity index (χ1) is 15.3. The Labute approximate surface area is 186 Å². The zero-order valence-electron chi connectivity index (χ0n) is 17.7. The van der Waals surface area contributed by atoms with Crippen LogP contribution in [-0.2, 0) is 20.0 Å². The van der Waals surface area contributed by atoms with Crippen molar-refractivity contribution in [3.8, 4) is 22.6 Å². The number of anilines is 1. The fourth-order valence-electron chi connectivity index (χ4n) is 3.96. The fraction of sp³-hybridized carbons (Fsp3) is 0.250. The number of benzene rings is 2. The molecule has 1 aromatic heterocycles. The highest BCUT2D eigenvalue weighted by molar-refractivity contribution is 7.90. The van der Waals surface area contributed by atoms with Gasteiger partial charge in [-0.3, -0.25) is 4.79 Å². The number of hydrogen-bond acceptors (Lipinski definition) is 6. The molecule has 8 heteroatoms. The van der Waals surface area contributed by atoms with Gasteiger partial charge < -0.3 is 14.8 Å². The predicted octanol–water partition coefficient (Wildman–Crippen LogP) is 3.86. The number of aromatic nitrogens is 1. The molecule has 1 N–H and O–H groups in total. The van der Waals surface area contributed by atoms with E-state index in [1.165, 1.54) is 6.26 Å². The first-order valence-corrected chi connectivity index (χ1v) is 12.1. The average Bonchev–Trinajstić information content (AvgIpc) is 3.45. The molecule has 1 saturated carbocycles. The molecule has 0 unspecified atom stereocenters. The maximum absolute atomic E-state index is 13.2. The van der Waals surface area contributed by atoms with Crippen molar-refractivity contribution in [2.75, 3.05) is 18.4 Å². The molecule has 0 radical (unpaired) electrons. The maximum atomic E-state index is 13.2. The van der Waals surface area contributed by atoms with Gasteiger partial charge in [-0.25, -0.2) is 13.4 Å². The van der Waals surface area contributed by atoms with Crippen LogP contribution in [0.25, 0.3) is 11.1 Å². The standard InChI is InChI=1S/C24H22N2O5S/c1-15-10-17(16-4-3-5-19(11-16)32(2,28)29)13-25-22(15)26-23(27)24(8-9-24)18-6-7-20-21(12-18)31-14-30-20/h3-7,10-13H,8-9,14H2,1-2H3,(H,25,26,27). The van der Waals surface area contributed by atoms with Gasteiger partial charge in [-0.1, -0.05) is 18.2 Å². The number of carbonyl (C=O) groups is 1. The summed E-state index contributed by atoms with van der Waals surface area (Å²) in [6.07, 6.45) is 4.34. The van der Waals surface area contributed by atoms with Gasteiger partial charge in [0.05, 0.1) is 10.3 Å². The van der Waals surface area contributed by atoms with E-state index in [1.807, 2.05) is 37.3 Å². The van der Waals surface area contributed by atoms with E-state index in [0.717, 1.165) is 35.1 Å². The second-order valence-corrected chi connectivity index (χ2v) is 10.3. The van der Waals surface area contributed by atoms with E-state index in [1.54, 1.807) is 24.4 Å². The lowest BCUT2D eigenvalue weighted by Gasteiger charge is -2.17. The first-order valence-electron chi connectivity index (χ1n) is 10.2. The van der Waals surface area contributed by atoms with E-state index in [0.29, 0.717) is 17.3 Å². The largest absolute Gasteiger partial charge is 0.454 e. The van der Waals surface area contributed by atoms with Gasteiger partial charge in [0.25, 0.3) is 0 Å². The van der Waals surface area contributed by atoms with Crippen molar-refractivity contribution >= 4 is 21.6 Å². The number of rotatable bonds is 5. The van der Waals surface area contributed by atoms with Crippen molar-refractivity contribution in [3.05, 3.63) is 65.9 Å². The molecule has 3 aromatic rings. The third-order valence-corrected chi connectivity index (χ3v) is 7.13. The molecule has 2 aliphatic rings. The smallest absolute Gasteiger partial charge is 0.236 e. The summed E-state index contributed by atoms with van der Waals surface area (Å²) in [5.74, 6) is 1.75. The molecule has 0 saturated heterocycles. The minimum absolute atomic E-state index is 0.0983. The van der Waals surface area contributed by atoms with Crippen LogP contribution in [0.1, 0.15) is 24.0 Å². The lowest BCUT2D eigenvalue weighted by molar-refractivity contribution is -0.118. The monoisotopic (exact) mass is 450 g/mol. The van der Waals surface area contributed by atoms with Crippen LogP contribution in [0.2, 0.25) is 0 Å². The minimum atomic E-state index is -3.30. The van der Waals surface area contributed by atoms with Gasteiger partial charge >= 0.3 is 0 Å². The van der Waals surface area contributed by atoms with Gasteiger partial charge in [-0.2, -0.15) is 0 Å². The molecule has 7 nitrogen and oxygen atoms in total. The number of carbonyl (C=O) groups excluding carboxylic acids is 1. The molecule has 1 aliphatic heterocycles. The Hall–Kier alpha value is -3.39. The summed E-state index contributed by atoms with van der Waals surface area (Å²) in [5.41, 5.74) is 2.65. The van der Waals surface area contributed by atoms with E-state index < -0.39 is 15.3 Å². The van der Waals surface area contributed by atoms with E-state index in [2.05, 4.69) is 10.3 Å². The second kappa shape index (κ2) is 7.34. The molecular formula is C24H22N2O5S. The zero-order chi connectivity index (χ0) is 22.5. The third-order valence-electron chi connectivity index (χ3n) is 6.02. The lowest BCUT2D eigenvalue weighted by Crippen LogP contribution is -2.28. The summed E-state index contributed by atoms with van der Waals surface area (Å²) < 4.78 is 34.5. The number of ether oxygens (including phenoxy) is 2. The predicted molar refractivity (Wildman–Crippen MR) is 120 cm³/mol. The number of hydrogen-bond donors (Lipinski definition) is 1. The summed E-state index contributed by atoms with van der Waals surface area (Å²) in [4.78, 5) is 17.9. The number of sulfone groups is 1. The Balaban J connectivity index is 1.38. The van der Waals surface area contributed by atoms with Gasteiger partial charge in [0.1, 0.15) is 5.82 Å². The SMILES string of the molecule is Cc1cc(-c2cccc(S(C)(=O)=O)c2)cnc1NC(=O)C1(c2ccc3c(c2)OCO3)CC1. The van der Waals surface area contributed by atoms with E-state index in [9.17, 15) is 13.2 Å². The Kier molecular flexibility index (Phi) is 4.70. The highest BCUT2D eigenvalue weighted by atomic mass is 32.2. The molecule has 5 rings (SSSR count). The third kappa shape index (κ3) is 3.60. The quantitative estimate of drug-likeness (QED) is 0.634. The topological polar surface area (TPSA) is 94.6 Å². The van der Waals surface area contributed by atoms with Gasteiger partial charge in [-0.05, 0) is 66.8 Å². The van der Waals surface area contributed by atoms with Crippen molar-refractivity contribution in [1.82, 2.24) is 4.98 Å². The zero-order valence-corrected chi connectivity index (χ0v) is 18.5. The molecule has 0 bridgehead atoms. The number of amides is 1. The summed E-state index contributed by atoms with van der Waals surface area (Å²) in [6.45, 7) is 2.06. The summed E-state index contributed by atoms with van der Waals surface area (Å²) in [5, 5.41) is 2.98. The Morgan fingerprint density at radius 2 is 1.81 bits per heavy atom. The number of fused-ring (bicyclic) bond motifs is 1. The van der Waals surface area contributed by atoms with Gasteiger partial charge in [-0.15, -0.1) is 0 Å². The second-order valence-electron chi connectivity index (χ2n) is 8.29. The highest BCUT2D eigenvalue weighted by Crippen LogP contribution is 2.51. The molecular weight excluding hydrogens is 428 g/mol. The van der Waals surface area contributed by atoms with Crippen molar-refractivity contribution < 1.29 is 22.7 Å². The van der Waals surface area contributed by atoms with Crippen LogP contribution in [0.4, 0.5) is 5.82 Å². The molecule has 0 spiro atoms. The van der Waals surface area contributed by atoms with Crippen molar-refractivity contribution in [1.29, 1.82) is 0 Å². The molecule has 2 heterocycles.